The van der Waals surface area contributed by atoms with Crippen molar-refractivity contribution >= 4 is 57.9 Å². The predicted octanol–water partition coefficient (Wildman–Crippen LogP) is 4.45. The van der Waals surface area contributed by atoms with Crippen molar-refractivity contribution in [3.63, 3.8) is 0 Å². The van der Waals surface area contributed by atoms with Crippen molar-refractivity contribution in [2.75, 3.05) is 48.3 Å². The minimum absolute atomic E-state index is 0.00841. The molecule has 5 N–H and O–H groups in total. The number of nitrogen functional groups attached to an aromatic ring is 1. The maximum absolute atomic E-state index is 14.2. The molecule has 0 aliphatic carbocycles. The van der Waals surface area contributed by atoms with E-state index in [1.165, 1.54) is 4.90 Å². The molecule has 2 saturated heterocycles. The van der Waals surface area contributed by atoms with Gasteiger partial charge in [-0.1, -0.05) is 62.7 Å². The molecule has 4 atom stereocenters. The quantitative estimate of drug-likeness (QED) is 0.191. The average molecular weight is 760 g/mol. The van der Waals surface area contributed by atoms with Crippen LogP contribution in [0.5, 0.6) is 0 Å². The van der Waals surface area contributed by atoms with Gasteiger partial charge in [-0.3, -0.25) is 14.4 Å². The number of hydrogen-bond donors (Lipinski definition) is 4. The Morgan fingerprint density at radius 3 is 2.36 bits per heavy atom. The highest BCUT2D eigenvalue weighted by Crippen LogP contribution is 2.31. The van der Waals surface area contributed by atoms with Crippen LogP contribution in [0.15, 0.2) is 60.1 Å². The van der Waals surface area contributed by atoms with Gasteiger partial charge in [-0.05, 0) is 48.6 Å². The van der Waals surface area contributed by atoms with Crippen molar-refractivity contribution in [2.45, 2.75) is 65.3 Å². The number of amides is 3. The van der Waals surface area contributed by atoms with Crippen molar-refractivity contribution in [1.29, 1.82) is 0 Å². The SMILES string of the molecule is Cc1ncsc1-c1ccc([C@H](C)NC(=O)[C@@H]2C[C@@H](O)CN2C(=O)[C@@H](NC(=O)c2cccc(N3CCN(c4cc(Cl)nnc4N)CC3)c2)C(C)(C)C)cc1. The van der Waals surface area contributed by atoms with Crippen molar-refractivity contribution in [1.82, 2.24) is 30.7 Å². The Morgan fingerprint density at radius 2 is 1.70 bits per heavy atom. The van der Waals surface area contributed by atoms with Crippen molar-refractivity contribution < 1.29 is 19.5 Å². The molecule has 2 aromatic heterocycles. The van der Waals surface area contributed by atoms with Gasteiger partial charge in [-0.15, -0.1) is 21.5 Å². The van der Waals surface area contributed by atoms with Crippen molar-refractivity contribution in [3.8, 4) is 10.4 Å². The largest absolute Gasteiger partial charge is 0.391 e. The zero-order valence-electron chi connectivity index (χ0n) is 30.5. The fourth-order valence-corrected chi connectivity index (χ4v) is 7.85. The molecule has 3 amide bonds. The number of halogens is 1. The van der Waals surface area contributed by atoms with Crippen LogP contribution in [-0.4, -0.2) is 93.8 Å². The summed E-state index contributed by atoms with van der Waals surface area (Å²) in [7, 11) is 0. The minimum Gasteiger partial charge on any atom is -0.391 e. The molecule has 0 unspecified atom stereocenters. The molecule has 2 aliphatic heterocycles. The number of carbonyl (C=O) groups excluding carboxylic acids is 3. The summed E-state index contributed by atoms with van der Waals surface area (Å²) in [5, 5.41) is 24.7. The van der Waals surface area contributed by atoms with Crippen molar-refractivity contribution in [2.24, 2.45) is 5.41 Å². The number of aliphatic hydroxyl groups is 1. The summed E-state index contributed by atoms with van der Waals surface area (Å²) in [6.07, 6.45) is -0.769. The highest BCUT2D eigenvalue weighted by Gasteiger charge is 2.45. The summed E-state index contributed by atoms with van der Waals surface area (Å²) in [5.74, 6) is -0.867. The number of benzene rings is 2. The lowest BCUT2D eigenvalue weighted by Crippen LogP contribution is -2.57. The number of rotatable bonds is 9. The Balaban J connectivity index is 1.11. The number of thiazole rings is 1. The molecule has 2 fully saturated rings. The molecule has 280 valence electrons. The van der Waals surface area contributed by atoms with E-state index in [-0.39, 0.29) is 30.1 Å². The number of likely N-dealkylation sites (tertiary alicyclic amines) is 1. The first-order chi connectivity index (χ1) is 25.2. The van der Waals surface area contributed by atoms with Crippen LogP contribution in [0.4, 0.5) is 17.2 Å². The fourth-order valence-electron chi connectivity index (χ4n) is 6.90. The van der Waals surface area contributed by atoms with E-state index in [0.717, 1.165) is 33.1 Å². The lowest BCUT2D eigenvalue weighted by Gasteiger charge is -2.37. The van der Waals surface area contributed by atoms with Crippen LogP contribution in [0, 0.1) is 12.3 Å². The van der Waals surface area contributed by atoms with Crippen LogP contribution in [-0.2, 0) is 9.59 Å². The van der Waals surface area contributed by atoms with E-state index in [9.17, 15) is 19.5 Å². The molecule has 0 radical (unpaired) electrons. The van der Waals surface area contributed by atoms with E-state index in [1.54, 1.807) is 23.5 Å². The standard InChI is InChI=1S/C38H46ClN9O4S/c1-22(24-9-11-25(12-10-24)32-23(2)41-21-53-32)42-36(51)30-18-28(49)20-48(30)37(52)33(38(3,4)5)43-35(50)26-7-6-8-27(17-26)46-13-15-47(16-14-46)29-19-31(39)44-45-34(29)40/h6-12,17,19,21-22,28,30,33,49H,13-16,18,20H2,1-5H3,(H2,40,45)(H,42,51)(H,43,50)/t22-,28+,30-,33+/m0/s1. The van der Waals surface area contributed by atoms with Crippen LogP contribution >= 0.6 is 22.9 Å². The topological polar surface area (TPSA) is 170 Å². The maximum atomic E-state index is 14.2. The van der Waals surface area contributed by atoms with Gasteiger partial charge in [0.25, 0.3) is 5.91 Å². The highest BCUT2D eigenvalue weighted by molar-refractivity contribution is 7.13. The highest BCUT2D eigenvalue weighted by atomic mass is 35.5. The van der Waals surface area contributed by atoms with Crippen molar-refractivity contribution in [3.05, 3.63) is 82.1 Å². The number of nitrogens with one attached hydrogen (secondary N) is 2. The molecule has 4 heterocycles. The van der Waals surface area contributed by atoms with Gasteiger partial charge in [-0.25, -0.2) is 4.98 Å². The van der Waals surface area contributed by atoms with Gasteiger partial charge in [0.05, 0.1) is 33.9 Å². The third kappa shape index (κ3) is 8.55. The van der Waals surface area contributed by atoms with Crippen LogP contribution in [0.2, 0.25) is 5.15 Å². The Morgan fingerprint density at radius 1 is 1.00 bits per heavy atom. The minimum atomic E-state index is -0.964. The molecule has 0 bridgehead atoms. The number of nitrogens with two attached hydrogens (primary N) is 1. The second-order valence-electron chi connectivity index (χ2n) is 14.7. The van der Waals surface area contributed by atoms with Gasteiger partial charge in [0.2, 0.25) is 11.8 Å². The number of piperazine rings is 1. The van der Waals surface area contributed by atoms with E-state index in [4.69, 9.17) is 17.3 Å². The normalized spacial score (nSPS) is 18.8. The average Bonchev–Trinajstić information content (AvgIpc) is 3.76. The van der Waals surface area contributed by atoms with Gasteiger partial charge in [0, 0.05) is 56.5 Å². The molecule has 4 aromatic rings. The molecular formula is C38H46ClN9O4S. The smallest absolute Gasteiger partial charge is 0.252 e. The van der Waals surface area contributed by atoms with Gasteiger partial charge < -0.3 is 36.2 Å². The molecule has 53 heavy (non-hydrogen) atoms. The Bertz CT molecular complexity index is 1960. The summed E-state index contributed by atoms with van der Waals surface area (Å²) in [6, 6.07) is 14.8. The number of carbonyl (C=O) groups is 3. The summed E-state index contributed by atoms with van der Waals surface area (Å²) in [5.41, 5.74) is 12.1. The number of aromatic nitrogens is 3. The van der Waals surface area contributed by atoms with Crippen LogP contribution < -0.4 is 26.2 Å². The zero-order valence-corrected chi connectivity index (χ0v) is 32.1. The molecule has 6 rings (SSSR count). The number of nitrogens with zero attached hydrogens (tertiary/aromatic N) is 6. The first kappa shape index (κ1) is 38.0. The van der Waals surface area contributed by atoms with Gasteiger partial charge in [-0.2, -0.15) is 0 Å². The van der Waals surface area contributed by atoms with E-state index >= 15 is 0 Å². The molecular weight excluding hydrogens is 714 g/mol. The zero-order chi connectivity index (χ0) is 38.0. The number of aliphatic hydroxyl groups excluding tert-OH is 1. The van der Waals surface area contributed by atoms with Crippen LogP contribution in [0.25, 0.3) is 10.4 Å². The first-order valence-electron chi connectivity index (χ1n) is 17.7. The van der Waals surface area contributed by atoms with E-state index in [2.05, 4.69) is 35.6 Å². The number of hydrogen-bond acceptors (Lipinski definition) is 11. The molecule has 0 saturated carbocycles. The molecule has 13 nitrogen and oxygen atoms in total. The second-order valence-corrected chi connectivity index (χ2v) is 16.0. The molecule has 15 heteroatoms. The van der Waals surface area contributed by atoms with E-state index in [0.29, 0.717) is 37.6 Å². The number of anilines is 3. The summed E-state index contributed by atoms with van der Waals surface area (Å²) < 4.78 is 0. The summed E-state index contributed by atoms with van der Waals surface area (Å²) in [6.45, 7) is 12.1. The predicted molar refractivity (Wildman–Crippen MR) is 208 cm³/mol. The number of aryl methyl sites for hydroxylation is 1. The Hall–Kier alpha value is -4.79. The van der Waals surface area contributed by atoms with E-state index in [1.807, 2.05) is 82.6 Å². The van der Waals surface area contributed by atoms with E-state index < -0.39 is 35.4 Å². The monoisotopic (exact) mass is 759 g/mol. The second kappa shape index (κ2) is 15.7. The summed E-state index contributed by atoms with van der Waals surface area (Å²) in [4.78, 5) is 52.8. The molecule has 0 spiro atoms. The van der Waals surface area contributed by atoms with Crippen LogP contribution in [0.1, 0.15) is 61.8 Å². The molecule has 2 aromatic carbocycles. The Kier molecular flexibility index (Phi) is 11.2. The number of β-amino-alcohol motifs (C(OH)–C–C–N with tert-alkyl or cyclic N) is 1. The summed E-state index contributed by atoms with van der Waals surface area (Å²) >= 11 is 7.64. The van der Waals surface area contributed by atoms with Gasteiger partial charge in [0.15, 0.2) is 11.0 Å². The third-order valence-electron chi connectivity index (χ3n) is 9.90. The molecule has 2 aliphatic rings. The fraction of sp³-hybridized carbons (Fsp3) is 0.421. The Labute approximate surface area is 318 Å². The lowest BCUT2D eigenvalue weighted by molar-refractivity contribution is -0.142. The van der Waals surface area contributed by atoms with Gasteiger partial charge >= 0.3 is 0 Å². The first-order valence-corrected chi connectivity index (χ1v) is 18.9. The maximum Gasteiger partial charge on any atom is 0.252 e. The van der Waals surface area contributed by atoms with Crippen LogP contribution in [0.3, 0.4) is 0 Å². The lowest BCUT2D eigenvalue weighted by atomic mass is 9.85. The third-order valence-corrected chi connectivity index (χ3v) is 11.1. The van der Waals surface area contributed by atoms with Gasteiger partial charge in [0.1, 0.15) is 12.1 Å².